The Balaban J connectivity index is 2.77. The molecule has 0 aliphatic rings. The Bertz CT molecular complexity index is 592. The highest BCUT2D eigenvalue weighted by atomic mass is 15.1. The van der Waals surface area contributed by atoms with Crippen molar-refractivity contribution >= 4 is 22.0 Å². The molecule has 19 heavy (non-hydrogen) atoms. The van der Waals surface area contributed by atoms with E-state index in [1.54, 1.807) is 0 Å². The Morgan fingerprint density at radius 3 is 2.37 bits per heavy atom. The van der Waals surface area contributed by atoms with Crippen LogP contribution in [0, 0.1) is 0 Å². The second kappa shape index (κ2) is 5.92. The number of anilines is 1. The lowest BCUT2D eigenvalue weighted by Gasteiger charge is -2.25. The van der Waals surface area contributed by atoms with Gasteiger partial charge < -0.3 is 4.90 Å². The van der Waals surface area contributed by atoms with Crippen molar-refractivity contribution in [1.29, 1.82) is 0 Å². The molecule has 1 heteroatoms. The van der Waals surface area contributed by atoms with Crippen LogP contribution >= 0.6 is 0 Å². The van der Waals surface area contributed by atoms with Crippen LogP contribution in [-0.4, -0.2) is 13.1 Å². The zero-order chi connectivity index (χ0) is 13.8. The maximum atomic E-state index is 2.43. The molecule has 0 saturated heterocycles. The first-order valence-corrected chi connectivity index (χ1v) is 7.12. The minimum absolute atomic E-state index is 1.04. The molecule has 0 heterocycles. The fourth-order valence-electron chi connectivity index (χ4n) is 2.65. The first-order chi connectivity index (χ1) is 9.22. The lowest BCUT2D eigenvalue weighted by atomic mass is 9.96. The first-order valence-electron chi connectivity index (χ1n) is 7.12. The van der Waals surface area contributed by atoms with Crippen LogP contribution in [0.3, 0.4) is 0 Å². The van der Waals surface area contributed by atoms with Crippen LogP contribution in [0.15, 0.2) is 42.5 Å². The number of hydrogen-bond donors (Lipinski definition) is 0. The minimum atomic E-state index is 1.04. The third kappa shape index (κ3) is 2.51. The van der Waals surface area contributed by atoms with E-state index in [0.29, 0.717) is 0 Å². The summed E-state index contributed by atoms with van der Waals surface area (Å²) in [5.41, 5.74) is 4.07. The van der Waals surface area contributed by atoms with E-state index in [1.165, 1.54) is 27.6 Å². The summed E-state index contributed by atoms with van der Waals surface area (Å²) >= 11 is 0. The van der Waals surface area contributed by atoms with Gasteiger partial charge in [-0.25, -0.2) is 0 Å². The Hall–Kier alpha value is -1.76. The maximum Gasteiger partial charge on any atom is 0.0448 e. The molecule has 0 spiro atoms. The molecule has 0 unspecified atom stereocenters. The summed E-state index contributed by atoms with van der Waals surface area (Å²) in [6.07, 6.45) is 2.20. The molecule has 2 rings (SSSR count). The van der Waals surface area contributed by atoms with Crippen LogP contribution in [-0.2, 0) is 0 Å². The van der Waals surface area contributed by atoms with Gasteiger partial charge in [-0.1, -0.05) is 36.4 Å². The molecule has 0 saturated carbocycles. The van der Waals surface area contributed by atoms with Gasteiger partial charge in [0.05, 0.1) is 0 Å². The van der Waals surface area contributed by atoms with E-state index in [1.807, 2.05) is 0 Å². The van der Waals surface area contributed by atoms with Crippen molar-refractivity contribution < 1.29 is 0 Å². The summed E-state index contributed by atoms with van der Waals surface area (Å²) in [5, 5.41) is 2.66. The van der Waals surface area contributed by atoms with E-state index in [0.717, 1.165) is 13.1 Å². The molecule has 0 N–H and O–H groups in total. The molecule has 0 bridgehead atoms. The highest BCUT2D eigenvalue weighted by molar-refractivity contribution is 5.99. The normalized spacial score (nSPS) is 11.9. The Kier molecular flexibility index (Phi) is 4.26. The van der Waals surface area contributed by atoms with Crippen LogP contribution in [0.25, 0.3) is 16.3 Å². The fraction of sp³-hybridized carbons (Fsp3) is 0.333. The zero-order valence-electron chi connectivity index (χ0n) is 12.4. The molecule has 0 atom stereocenters. The van der Waals surface area contributed by atoms with Crippen molar-refractivity contribution in [1.82, 2.24) is 0 Å². The Morgan fingerprint density at radius 2 is 1.74 bits per heavy atom. The summed E-state index contributed by atoms with van der Waals surface area (Å²) in [6, 6.07) is 13.1. The van der Waals surface area contributed by atoms with Crippen molar-refractivity contribution in [2.75, 3.05) is 18.0 Å². The largest absolute Gasteiger partial charge is 0.372 e. The third-order valence-corrected chi connectivity index (χ3v) is 3.84. The number of rotatable bonds is 4. The van der Waals surface area contributed by atoms with Crippen LogP contribution in [0.4, 0.5) is 5.69 Å². The van der Waals surface area contributed by atoms with Gasteiger partial charge in [0.2, 0.25) is 0 Å². The van der Waals surface area contributed by atoms with Gasteiger partial charge in [-0.05, 0) is 50.1 Å². The van der Waals surface area contributed by atoms with Crippen LogP contribution < -0.4 is 4.90 Å². The third-order valence-electron chi connectivity index (χ3n) is 3.84. The van der Waals surface area contributed by atoms with E-state index in [9.17, 15) is 0 Å². The maximum absolute atomic E-state index is 2.43. The highest BCUT2D eigenvalue weighted by Crippen LogP contribution is 2.34. The molecule has 0 aliphatic carbocycles. The lowest BCUT2D eigenvalue weighted by Crippen LogP contribution is -2.23. The van der Waals surface area contributed by atoms with Crippen molar-refractivity contribution in [2.24, 2.45) is 0 Å². The predicted octanol–water partition coefficient (Wildman–Crippen LogP) is 5.11. The molecule has 0 radical (unpaired) electrons. The zero-order valence-corrected chi connectivity index (χ0v) is 12.4. The molecule has 0 amide bonds. The molecule has 0 aromatic heterocycles. The second-order valence-corrected chi connectivity index (χ2v) is 4.82. The van der Waals surface area contributed by atoms with Gasteiger partial charge in [0, 0.05) is 24.3 Å². The van der Waals surface area contributed by atoms with Gasteiger partial charge in [-0.2, -0.15) is 0 Å². The molecule has 1 nitrogen and oxygen atoms in total. The molecular weight excluding hydrogens is 230 g/mol. The molecule has 0 fully saturated rings. The van der Waals surface area contributed by atoms with E-state index in [-0.39, 0.29) is 0 Å². The molecule has 100 valence electrons. The highest BCUT2D eigenvalue weighted by Gasteiger charge is 2.12. The number of nitrogens with zero attached hydrogens (tertiary/aromatic N) is 1. The van der Waals surface area contributed by atoms with Gasteiger partial charge >= 0.3 is 0 Å². The molecule has 2 aromatic carbocycles. The van der Waals surface area contributed by atoms with E-state index in [4.69, 9.17) is 0 Å². The average molecular weight is 253 g/mol. The van der Waals surface area contributed by atoms with Crippen LogP contribution in [0.2, 0.25) is 0 Å². The summed E-state index contributed by atoms with van der Waals surface area (Å²) < 4.78 is 0. The topological polar surface area (TPSA) is 3.24 Å². The standard InChI is InChI=1S/C18H23N/c1-5-14(4)18-16-11-9-8-10-15(16)12-13-17(18)19(6-2)7-3/h5,8-13H,6-7H2,1-4H3. The van der Waals surface area contributed by atoms with Crippen LogP contribution in [0.1, 0.15) is 33.3 Å². The summed E-state index contributed by atoms with van der Waals surface area (Å²) in [5.74, 6) is 0. The molecule has 0 aliphatic heterocycles. The van der Waals surface area contributed by atoms with Crippen molar-refractivity contribution in [2.45, 2.75) is 27.7 Å². The number of allylic oxidation sites excluding steroid dienone is 2. The van der Waals surface area contributed by atoms with Gasteiger partial charge in [0.15, 0.2) is 0 Å². The van der Waals surface area contributed by atoms with E-state index in [2.05, 4.69) is 75.1 Å². The van der Waals surface area contributed by atoms with Crippen molar-refractivity contribution in [3.8, 4) is 0 Å². The van der Waals surface area contributed by atoms with Gasteiger partial charge in [-0.3, -0.25) is 0 Å². The average Bonchev–Trinajstić information content (AvgIpc) is 2.47. The minimum Gasteiger partial charge on any atom is -0.372 e. The SMILES string of the molecule is CC=C(C)c1c(N(CC)CC)ccc2ccccc12. The summed E-state index contributed by atoms with van der Waals surface area (Å²) in [4.78, 5) is 2.43. The fourth-order valence-corrected chi connectivity index (χ4v) is 2.65. The van der Waals surface area contributed by atoms with Crippen molar-refractivity contribution in [3.63, 3.8) is 0 Å². The number of hydrogen-bond acceptors (Lipinski definition) is 1. The summed E-state index contributed by atoms with van der Waals surface area (Å²) in [6.45, 7) is 10.8. The first kappa shape index (κ1) is 13.7. The van der Waals surface area contributed by atoms with Gasteiger partial charge in [-0.15, -0.1) is 0 Å². The molecule has 2 aromatic rings. The quantitative estimate of drug-likeness (QED) is 0.732. The van der Waals surface area contributed by atoms with E-state index >= 15 is 0 Å². The van der Waals surface area contributed by atoms with Gasteiger partial charge in [0.25, 0.3) is 0 Å². The van der Waals surface area contributed by atoms with E-state index < -0.39 is 0 Å². The monoisotopic (exact) mass is 253 g/mol. The van der Waals surface area contributed by atoms with Gasteiger partial charge in [0.1, 0.15) is 0 Å². The number of fused-ring (bicyclic) bond motifs is 1. The Morgan fingerprint density at radius 1 is 1.05 bits per heavy atom. The predicted molar refractivity (Wildman–Crippen MR) is 86.8 cm³/mol. The lowest BCUT2D eigenvalue weighted by molar-refractivity contribution is 0.865. The van der Waals surface area contributed by atoms with Crippen LogP contribution in [0.5, 0.6) is 0 Å². The second-order valence-electron chi connectivity index (χ2n) is 4.82. The smallest absolute Gasteiger partial charge is 0.0448 e. The molecular formula is C18H23N. The summed E-state index contributed by atoms with van der Waals surface area (Å²) in [7, 11) is 0. The Labute approximate surface area is 116 Å². The van der Waals surface area contributed by atoms with Crippen molar-refractivity contribution in [3.05, 3.63) is 48.0 Å². The number of benzene rings is 2.